The van der Waals surface area contributed by atoms with Crippen LogP contribution in [0, 0.1) is 5.92 Å². The summed E-state index contributed by atoms with van der Waals surface area (Å²) < 4.78 is 88.1. The molecule has 2 saturated carbocycles. The molecular formula is C37H44F6N2O5. The highest BCUT2D eigenvalue weighted by Gasteiger charge is 2.44. The molecule has 5 rings (SSSR count). The number of carboxylic acid groups (broad SMARTS) is 1. The fourth-order valence-corrected chi connectivity index (χ4v) is 8.00. The third-order valence-corrected chi connectivity index (χ3v) is 10.4. The van der Waals surface area contributed by atoms with E-state index < -0.39 is 65.0 Å². The molecule has 1 saturated heterocycles. The number of piperidine rings is 1. The number of alkyl halides is 6. The predicted molar refractivity (Wildman–Crippen MR) is 172 cm³/mol. The van der Waals surface area contributed by atoms with E-state index in [0.29, 0.717) is 25.0 Å². The van der Waals surface area contributed by atoms with Crippen molar-refractivity contribution >= 4 is 17.8 Å². The van der Waals surface area contributed by atoms with Crippen LogP contribution in [0.4, 0.5) is 26.3 Å². The molecule has 50 heavy (non-hydrogen) atoms. The van der Waals surface area contributed by atoms with Gasteiger partial charge in [0, 0.05) is 24.2 Å². The van der Waals surface area contributed by atoms with Gasteiger partial charge in [-0.3, -0.25) is 19.3 Å². The Morgan fingerprint density at radius 2 is 1.40 bits per heavy atom. The van der Waals surface area contributed by atoms with Crippen molar-refractivity contribution in [1.82, 2.24) is 9.80 Å². The van der Waals surface area contributed by atoms with Gasteiger partial charge in [-0.25, -0.2) is 0 Å². The number of amides is 1. The Labute approximate surface area is 287 Å². The number of likely N-dealkylation sites (tertiary alicyclic amines) is 1. The topological polar surface area (TPSA) is 87.2 Å². The average Bonchev–Trinajstić information content (AvgIpc) is 3.08. The van der Waals surface area contributed by atoms with Crippen molar-refractivity contribution in [1.29, 1.82) is 0 Å². The van der Waals surface area contributed by atoms with Crippen molar-refractivity contribution in [2.45, 2.75) is 120 Å². The molecule has 2 aromatic carbocycles. The van der Waals surface area contributed by atoms with E-state index in [0.717, 1.165) is 56.9 Å². The van der Waals surface area contributed by atoms with Crippen molar-refractivity contribution < 1.29 is 50.6 Å². The summed E-state index contributed by atoms with van der Waals surface area (Å²) in [6.45, 7) is -0.340. The average molecular weight is 711 g/mol. The third-order valence-electron chi connectivity index (χ3n) is 10.4. The lowest BCUT2D eigenvalue weighted by atomic mass is 9.81. The largest absolute Gasteiger partial charge is 0.480 e. The number of rotatable bonds is 10. The van der Waals surface area contributed by atoms with Gasteiger partial charge in [0.15, 0.2) is 0 Å². The third kappa shape index (κ3) is 9.58. The molecule has 2 unspecified atom stereocenters. The zero-order chi connectivity index (χ0) is 36.1. The molecule has 0 bridgehead atoms. The van der Waals surface area contributed by atoms with Gasteiger partial charge in [-0.05, 0) is 87.5 Å². The molecule has 0 aromatic heterocycles. The van der Waals surface area contributed by atoms with E-state index in [-0.39, 0.29) is 50.4 Å². The minimum atomic E-state index is -5.12. The van der Waals surface area contributed by atoms with Crippen LogP contribution in [0.3, 0.4) is 0 Å². The van der Waals surface area contributed by atoms with Gasteiger partial charge in [0.05, 0.1) is 17.7 Å². The summed E-state index contributed by atoms with van der Waals surface area (Å²) in [7, 11) is 0. The van der Waals surface area contributed by atoms with Crippen LogP contribution >= 0.6 is 0 Å². The first-order valence-corrected chi connectivity index (χ1v) is 17.5. The lowest BCUT2D eigenvalue weighted by Gasteiger charge is -2.46. The van der Waals surface area contributed by atoms with Gasteiger partial charge in [-0.1, -0.05) is 56.0 Å². The van der Waals surface area contributed by atoms with E-state index in [1.807, 2.05) is 0 Å². The van der Waals surface area contributed by atoms with Crippen LogP contribution in [0.1, 0.15) is 104 Å². The van der Waals surface area contributed by atoms with E-state index in [9.17, 15) is 45.8 Å². The Hall–Kier alpha value is -3.61. The number of halogens is 6. The minimum absolute atomic E-state index is 0.00789. The summed E-state index contributed by atoms with van der Waals surface area (Å²) in [6, 6.07) is 7.59. The van der Waals surface area contributed by atoms with Gasteiger partial charge in [-0.2, -0.15) is 26.3 Å². The number of esters is 1. The fraction of sp³-hybridized carbons (Fsp3) is 0.595. The van der Waals surface area contributed by atoms with Crippen LogP contribution in [0.2, 0.25) is 0 Å². The van der Waals surface area contributed by atoms with E-state index >= 15 is 0 Å². The first-order chi connectivity index (χ1) is 23.7. The molecule has 274 valence electrons. The number of benzene rings is 2. The SMILES string of the molecule is O=C(CN(C1CCN(C(=O)c2cc(C(F)(F)F)cc(C(F)(F)F)c2)C(Cc2ccccc2)C1)[C@@H](C(=O)O)C1CCCCC1)OC1CCCCC1. The molecule has 3 atom stereocenters. The van der Waals surface area contributed by atoms with Crippen LogP contribution in [-0.2, 0) is 33.1 Å². The number of carbonyl (C=O) groups excluding carboxylic acids is 2. The van der Waals surface area contributed by atoms with Crippen LogP contribution in [0.5, 0.6) is 0 Å². The molecule has 7 nitrogen and oxygen atoms in total. The van der Waals surface area contributed by atoms with Gasteiger partial charge < -0.3 is 14.7 Å². The molecule has 0 spiro atoms. The van der Waals surface area contributed by atoms with Gasteiger partial charge in [0.25, 0.3) is 5.91 Å². The van der Waals surface area contributed by atoms with Crippen molar-refractivity contribution in [2.24, 2.45) is 5.92 Å². The molecule has 2 aliphatic carbocycles. The highest BCUT2D eigenvalue weighted by atomic mass is 19.4. The molecule has 1 amide bonds. The van der Waals surface area contributed by atoms with E-state index in [1.165, 1.54) is 4.90 Å². The Kier molecular flexibility index (Phi) is 12.2. The van der Waals surface area contributed by atoms with Gasteiger partial charge in [0.2, 0.25) is 0 Å². The zero-order valence-corrected chi connectivity index (χ0v) is 27.9. The van der Waals surface area contributed by atoms with E-state index in [1.54, 1.807) is 35.2 Å². The first-order valence-electron chi connectivity index (χ1n) is 17.5. The van der Waals surface area contributed by atoms with Gasteiger partial charge in [0.1, 0.15) is 12.1 Å². The molecule has 1 heterocycles. The standard InChI is InChI=1S/C37H44F6N2O5/c38-36(39,40)27-19-26(20-28(21-27)37(41,42)43)34(47)44-17-16-29(22-30(44)18-24-10-4-1-5-11-24)45(23-32(46)50-31-14-8-3-9-15-31)33(35(48)49)25-12-6-2-7-13-25/h1,4-5,10-11,19-21,25,29-31,33H,2-3,6-9,12-18,22-23H2,(H,48,49)/t29?,30?,33-/m1/s1. The fourth-order valence-electron chi connectivity index (χ4n) is 8.00. The number of hydrogen-bond donors (Lipinski definition) is 1. The summed E-state index contributed by atoms with van der Waals surface area (Å²) in [5.41, 5.74) is -3.11. The second-order valence-corrected chi connectivity index (χ2v) is 13.9. The zero-order valence-electron chi connectivity index (χ0n) is 27.9. The van der Waals surface area contributed by atoms with Gasteiger partial charge >= 0.3 is 24.3 Å². The molecule has 3 fully saturated rings. The maximum atomic E-state index is 13.9. The van der Waals surface area contributed by atoms with Crippen molar-refractivity contribution in [3.63, 3.8) is 0 Å². The number of carbonyl (C=O) groups is 3. The van der Waals surface area contributed by atoms with Gasteiger partial charge in [-0.15, -0.1) is 0 Å². The summed E-state index contributed by atoms with van der Waals surface area (Å²) in [6.07, 6.45) is -1.50. The second-order valence-electron chi connectivity index (χ2n) is 13.9. The Morgan fingerprint density at radius 1 is 0.820 bits per heavy atom. The lowest BCUT2D eigenvalue weighted by molar-refractivity contribution is -0.158. The van der Waals surface area contributed by atoms with Crippen LogP contribution in [0.25, 0.3) is 0 Å². The number of nitrogens with zero attached hydrogens (tertiary/aromatic N) is 2. The van der Waals surface area contributed by atoms with Crippen LogP contribution < -0.4 is 0 Å². The molecule has 2 aromatic rings. The summed E-state index contributed by atoms with van der Waals surface area (Å²) >= 11 is 0. The molecular weight excluding hydrogens is 666 g/mol. The lowest BCUT2D eigenvalue weighted by Crippen LogP contribution is -2.59. The Balaban J connectivity index is 1.48. The highest BCUT2D eigenvalue weighted by Crippen LogP contribution is 2.38. The minimum Gasteiger partial charge on any atom is -0.480 e. The molecule has 1 N–H and O–H groups in total. The van der Waals surface area contributed by atoms with Crippen molar-refractivity contribution in [2.75, 3.05) is 13.1 Å². The van der Waals surface area contributed by atoms with E-state index in [2.05, 4.69) is 0 Å². The molecule has 13 heteroatoms. The quantitative estimate of drug-likeness (QED) is 0.198. The van der Waals surface area contributed by atoms with Crippen LogP contribution in [0.15, 0.2) is 48.5 Å². The Morgan fingerprint density at radius 3 is 1.96 bits per heavy atom. The number of ether oxygens (including phenoxy) is 1. The molecule has 1 aliphatic heterocycles. The van der Waals surface area contributed by atoms with Crippen LogP contribution in [-0.4, -0.2) is 70.1 Å². The second kappa shape index (κ2) is 16.2. The smallest absolute Gasteiger partial charge is 0.416 e. The Bertz CT molecular complexity index is 1440. The van der Waals surface area contributed by atoms with E-state index in [4.69, 9.17) is 4.74 Å². The first kappa shape index (κ1) is 37.6. The summed E-state index contributed by atoms with van der Waals surface area (Å²) in [5.74, 6) is -2.79. The molecule has 3 aliphatic rings. The number of aliphatic carboxylic acids is 1. The summed E-state index contributed by atoms with van der Waals surface area (Å²) in [5, 5.41) is 10.6. The molecule has 0 radical (unpaired) electrons. The maximum Gasteiger partial charge on any atom is 0.416 e. The predicted octanol–water partition coefficient (Wildman–Crippen LogP) is 8.15. The monoisotopic (exact) mass is 710 g/mol. The highest BCUT2D eigenvalue weighted by molar-refractivity contribution is 5.95. The normalized spacial score (nSPS) is 21.9. The number of carboxylic acids is 1. The van der Waals surface area contributed by atoms with Crippen molar-refractivity contribution in [3.8, 4) is 0 Å². The number of hydrogen-bond acceptors (Lipinski definition) is 5. The maximum absolute atomic E-state index is 13.9. The van der Waals surface area contributed by atoms with Crippen molar-refractivity contribution in [3.05, 3.63) is 70.8 Å². The summed E-state index contributed by atoms with van der Waals surface area (Å²) in [4.78, 5) is 43.3.